The second kappa shape index (κ2) is 5.35. The highest BCUT2D eigenvalue weighted by molar-refractivity contribution is 5.57. The molecule has 0 atom stereocenters. The Morgan fingerprint density at radius 3 is 2.50 bits per heavy atom. The van der Waals surface area contributed by atoms with Gasteiger partial charge in [-0.15, -0.1) is 0 Å². The SMILES string of the molecule is Cc1ccc(C)c(N2COc3ccc(C(C)(C)C)cc3C2)c1. The zero-order valence-corrected chi connectivity index (χ0v) is 14.2. The van der Waals surface area contributed by atoms with Gasteiger partial charge in [0.25, 0.3) is 0 Å². The third kappa shape index (κ3) is 2.83. The Kier molecular flexibility index (Phi) is 3.64. The Bertz CT molecular complexity index is 697. The summed E-state index contributed by atoms with van der Waals surface area (Å²) in [6.45, 7) is 12.6. The van der Waals surface area contributed by atoms with E-state index in [0.717, 1.165) is 12.3 Å². The standard InChI is InChI=1S/C20H25NO/c1-14-6-7-15(2)18(10-14)21-12-16-11-17(20(3,4)5)8-9-19(16)22-13-21/h6-11H,12-13H2,1-5H3. The quantitative estimate of drug-likeness (QED) is 0.737. The minimum Gasteiger partial charge on any atom is -0.473 e. The summed E-state index contributed by atoms with van der Waals surface area (Å²) in [5.41, 5.74) is 6.65. The Balaban J connectivity index is 1.94. The number of fused-ring (bicyclic) bond motifs is 1. The Labute approximate surface area is 133 Å². The number of nitrogens with zero attached hydrogens (tertiary/aromatic N) is 1. The van der Waals surface area contributed by atoms with E-state index < -0.39 is 0 Å². The molecule has 2 aromatic rings. The molecule has 1 aliphatic rings. The van der Waals surface area contributed by atoms with Gasteiger partial charge in [-0.25, -0.2) is 0 Å². The molecule has 0 N–H and O–H groups in total. The molecule has 0 aromatic heterocycles. The molecule has 0 saturated carbocycles. The van der Waals surface area contributed by atoms with Crippen molar-refractivity contribution in [3.63, 3.8) is 0 Å². The van der Waals surface area contributed by atoms with Crippen LogP contribution in [0, 0.1) is 13.8 Å². The van der Waals surface area contributed by atoms with Gasteiger partial charge in [0.2, 0.25) is 0 Å². The van der Waals surface area contributed by atoms with Gasteiger partial charge in [-0.05, 0) is 54.2 Å². The van der Waals surface area contributed by atoms with E-state index in [1.165, 1.54) is 27.9 Å². The highest BCUT2D eigenvalue weighted by Crippen LogP contribution is 2.33. The normalized spacial score (nSPS) is 14.5. The van der Waals surface area contributed by atoms with Crippen LogP contribution in [-0.4, -0.2) is 6.73 Å². The molecule has 1 aliphatic heterocycles. The number of aryl methyl sites for hydroxylation is 2. The van der Waals surface area contributed by atoms with Gasteiger partial charge >= 0.3 is 0 Å². The van der Waals surface area contributed by atoms with Crippen molar-refractivity contribution in [3.8, 4) is 5.75 Å². The lowest BCUT2D eigenvalue weighted by Gasteiger charge is -2.33. The van der Waals surface area contributed by atoms with Crippen LogP contribution in [0.25, 0.3) is 0 Å². The van der Waals surface area contributed by atoms with Gasteiger partial charge in [-0.2, -0.15) is 0 Å². The van der Waals surface area contributed by atoms with Crippen LogP contribution in [0.3, 0.4) is 0 Å². The van der Waals surface area contributed by atoms with E-state index >= 15 is 0 Å². The van der Waals surface area contributed by atoms with Gasteiger partial charge in [-0.3, -0.25) is 0 Å². The number of anilines is 1. The first kappa shape index (κ1) is 15.0. The topological polar surface area (TPSA) is 12.5 Å². The minimum atomic E-state index is 0.163. The molecule has 2 heteroatoms. The molecule has 0 bridgehead atoms. The van der Waals surface area contributed by atoms with E-state index in [-0.39, 0.29) is 5.41 Å². The van der Waals surface area contributed by atoms with Crippen LogP contribution in [0.5, 0.6) is 5.75 Å². The van der Waals surface area contributed by atoms with Gasteiger partial charge in [0, 0.05) is 17.8 Å². The molecule has 1 heterocycles. The van der Waals surface area contributed by atoms with Crippen molar-refractivity contribution in [2.24, 2.45) is 0 Å². The highest BCUT2D eigenvalue weighted by Gasteiger charge is 2.22. The Hall–Kier alpha value is -1.96. The Morgan fingerprint density at radius 2 is 1.77 bits per heavy atom. The summed E-state index contributed by atoms with van der Waals surface area (Å²) >= 11 is 0. The maximum absolute atomic E-state index is 5.98. The van der Waals surface area contributed by atoms with Gasteiger partial charge in [-0.1, -0.05) is 39.0 Å². The largest absolute Gasteiger partial charge is 0.473 e. The Morgan fingerprint density at radius 1 is 1.00 bits per heavy atom. The molecule has 2 aromatic carbocycles. The third-order valence-corrected chi connectivity index (χ3v) is 4.37. The van der Waals surface area contributed by atoms with Gasteiger partial charge < -0.3 is 9.64 Å². The lowest BCUT2D eigenvalue weighted by molar-refractivity contribution is 0.289. The van der Waals surface area contributed by atoms with Crippen LogP contribution < -0.4 is 9.64 Å². The molecule has 0 radical (unpaired) electrons. The average molecular weight is 295 g/mol. The van der Waals surface area contributed by atoms with Crippen molar-refractivity contribution < 1.29 is 4.74 Å². The van der Waals surface area contributed by atoms with Gasteiger partial charge in [0.1, 0.15) is 5.75 Å². The van der Waals surface area contributed by atoms with Crippen LogP contribution in [-0.2, 0) is 12.0 Å². The fourth-order valence-electron chi connectivity index (χ4n) is 2.92. The number of ether oxygens (including phenoxy) is 1. The number of rotatable bonds is 1. The summed E-state index contributed by atoms with van der Waals surface area (Å²) in [6.07, 6.45) is 0. The molecule has 0 fully saturated rings. The molecule has 116 valence electrons. The molecule has 3 rings (SSSR count). The van der Waals surface area contributed by atoms with E-state index in [1.807, 2.05) is 0 Å². The van der Waals surface area contributed by atoms with Gasteiger partial charge in [0.05, 0.1) is 0 Å². The number of benzene rings is 2. The molecule has 0 amide bonds. The fourth-order valence-corrected chi connectivity index (χ4v) is 2.92. The smallest absolute Gasteiger partial charge is 0.161 e. The van der Waals surface area contributed by atoms with Crippen molar-refractivity contribution in [2.75, 3.05) is 11.6 Å². The summed E-state index contributed by atoms with van der Waals surface area (Å²) in [4.78, 5) is 2.32. The second-order valence-corrected chi connectivity index (χ2v) is 7.33. The molecular weight excluding hydrogens is 270 g/mol. The van der Waals surface area contributed by atoms with Crippen LogP contribution >= 0.6 is 0 Å². The van der Waals surface area contributed by atoms with Crippen molar-refractivity contribution >= 4 is 5.69 Å². The van der Waals surface area contributed by atoms with Gasteiger partial charge in [0.15, 0.2) is 6.73 Å². The van der Waals surface area contributed by atoms with Crippen molar-refractivity contribution in [1.82, 2.24) is 0 Å². The molecular formula is C20H25NO. The molecule has 22 heavy (non-hydrogen) atoms. The maximum Gasteiger partial charge on any atom is 0.161 e. The summed E-state index contributed by atoms with van der Waals surface area (Å²) in [6, 6.07) is 13.2. The monoisotopic (exact) mass is 295 g/mol. The molecule has 0 spiro atoms. The van der Waals surface area contributed by atoms with E-state index in [9.17, 15) is 0 Å². The molecule has 0 aliphatic carbocycles. The summed E-state index contributed by atoms with van der Waals surface area (Å²) in [7, 11) is 0. The lowest BCUT2D eigenvalue weighted by atomic mass is 9.86. The summed E-state index contributed by atoms with van der Waals surface area (Å²) in [5.74, 6) is 1.02. The summed E-state index contributed by atoms with van der Waals surface area (Å²) < 4.78 is 5.98. The first-order chi connectivity index (χ1) is 10.3. The molecule has 2 nitrogen and oxygen atoms in total. The third-order valence-electron chi connectivity index (χ3n) is 4.37. The first-order valence-electron chi connectivity index (χ1n) is 7.93. The van der Waals surface area contributed by atoms with E-state index in [0.29, 0.717) is 6.73 Å². The second-order valence-electron chi connectivity index (χ2n) is 7.33. The van der Waals surface area contributed by atoms with E-state index in [4.69, 9.17) is 4.74 Å². The number of hydrogen-bond acceptors (Lipinski definition) is 2. The van der Waals surface area contributed by atoms with Crippen molar-refractivity contribution in [3.05, 3.63) is 58.7 Å². The summed E-state index contributed by atoms with van der Waals surface area (Å²) in [5, 5.41) is 0. The van der Waals surface area contributed by atoms with Crippen LogP contribution in [0.1, 0.15) is 43.0 Å². The highest BCUT2D eigenvalue weighted by atomic mass is 16.5. The van der Waals surface area contributed by atoms with E-state index in [1.54, 1.807) is 0 Å². The van der Waals surface area contributed by atoms with Crippen LogP contribution in [0.2, 0.25) is 0 Å². The zero-order chi connectivity index (χ0) is 15.9. The maximum atomic E-state index is 5.98. The van der Waals surface area contributed by atoms with Crippen molar-refractivity contribution in [1.29, 1.82) is 0 Å². The first-order valence-corrected chi connectivity index (χ1v) is 7.93. The van der Waals surface area contributed by atoms with Crippen LogP contribution in [0.15, 0.2) is 36.4 Å². The lowest BCUT2D eigenvalue weighted by Crippen LogP contribution is -2.32. The predicted octanol–water partition coefficient (Wildman–Crippen LogP) is 4.96. The van der Waals surface area contributed by atoms with Crippen molar-refractivity contribution in [2.45, 2.75) is 46.6 Å². The average Bonchev–Trinajstić information content (AvgIpc) is 2.47. The minimum absolute atomic E-state index is 0.163. The molecule has 0 saturated heterocycles. The van der Waals surface area contributed by atoms with E-state index in [2.05, 4.69) is 75.9 Å². The van der Waals surface area contributed by atoms with Crippen LogP contribution in [0.4, 0.5) is 5.69 Å². The number of hydrogen-bond donors (Lipinski definition) is 0. The fraction of sp³-hybridized carbons (Fsp3) is 0.400. The molecule has 0 unspecified atom stereocenters. The zero-order valence-electron chi connectivity index (χ0n) is 14.2. The predicted molar refractivity (Wildman–Crippen MR) is 92.7 cm³/mol.